The Bertz CT molecular complexity index is 1110. The van der Waals surface area contributed by atoms with Crippen LogP contribution in [0.2, 0.25) is 0 Å². The number of alkyl carbamates (subject to hydrolysis) is 1. The van der Waals surface area contributed by atoms with Crippen molar-refractivity contribution in [2.75, 3.05) is 4.90 Å². The summed E-state index contributed by atoms with van der Waals surface area (Å²) in [6.07, 6.45) is -0.992. The number of hydrogen-bond donors (Lipinski definition) is 2. The van der Waals surface area contributed by atoms with E-state index in [1.807, 2.05) is 12.1 Å². The Balaban J connectivity index is 1.95. The molecule has 4 amide bonds. The van der Waals surface area contributed by atoms with Crippen LogP contribution >= 0.6 is 0 Å². The van der Waals surface area contributed by atoms with Gasteiger partial charge >= 0.3 is 18.1 Å². The Kier molecular flexibility index (Phi) is 6.63. The van der Waals surface area contributed by atoms with Crippen LogP contribution in [0.5, 0.6) is 0 Å². The zero-order valence-electron chi connectivity index (χ0n) is 18.0. The van der Waals surface area contributed by atoms with Crippen molar-refractivity contribution < 1.29 is 29.0 Å². The second-order valence-electron chi connectivity index (χ2n) is 7.47. The van der Waals surface area contributed by atoms with Crippen molar-refractivity contribution in [3.05, 3.63) is 65.7 Å². The number of benzene rings is 2. The van der Waals surface area contributed by atoms with Crippen molar-refractivity contribution >= 4 is 29.7 Å². The molecule has 2 unspecified atom stereocenters. The Morgan fingerprint density at radius 1 is 1.15 bits per heavy atom. The third-order valence-corrected chi connectivity index (χ3v) is 5.28. The number of imide groups is 1. The van der Waals surface area contributed by atoms with Crippen LogP contribution in [0, 0.1) is 11.3 Å². The third-order valence-electron chi connectivity index (χ3n) is 5.28. The van der Waals surface area contributed by atoms with Crippen molar-refractivity contribution in [2.24, 2.45) is 0 Å². The van der Waals surface area contributed by atoms with E-state index in [0.29, 0.717) is 16.0 Å². The molecule has 0 bridgehead atoms. The highest BCUT2D eigenvalue weighted by molar-refractivity contribution is 6.18. The highest BCUT2D eigenvalue weighted by Gasteiger charge is 2.59. The maximum Gasteiger partial charge on any atom is 0.409 e. The van der Waals surface area contributed by atoms with E-state index in [2.05, 4.69) is 5.32 Å². The van der Waals surface area contributed by atoms with Crippen LogP contribution in [0.3, 0.4) is 0 Å². The van der Waals surface area contributed by atoms with Crippen LogP contribution < -0.4 is 10.2 Å². The number of carboxylic acid groups (broad SMARTS) is 1. The average Bonchev–Trinajstić information content (AvgIpc) is 2.99. The molecule has 3 rings (SSSR count). The summed E-state index contributed by atoms with van der Waals surface area (Å²) < 4.78 is 5.21. The highest BCUT2D eigenvalue weighted by Crippen LogP contribution is 2.34. The fraction of sp³-hybridized carbons (Fsp3) is 0.261. The SMILES string of the molecule is CCC(C(=O)O)N1C(=O)N(c2ccc(C#N)cc2)C(C)(NC(=O)OCc2ccccc2)C1=O. The average molecular weight is 450 g/mol. The normalized spacial score (nSPS) is 18.6. The molecule has 33 heavy (non-hydrogen) atoms. The predicted octanol–water partition coefficient (Wildman–Crippen LogP) is 2.83. The number of nitriles is 1. The van der Waals surface area contributed by atoms with Crippen molar-refractivity contribution in [2.45, 2.75) is 38.6 Å². The van der Waals surface area contributed by atoms with E-state index in [0.717, 1.165) is 4.90 Å². The molecule has 1 aliphatic rings. The van der Waals surface area contributed by atoms with E-state index in [-0.39, 0.29) is 18.7 Å². The first kappa shape index (κ1) is 23.3. The number of ether oxygens (including phenoxy) is 1. The van der Waals surface area contributed by atoms with E-state index in [1.54, 1.807) is 24.3 Å². The van der Waals surface area contributed by atoms with E-state index >= 15 is 0 Å². The maximum atomic E-state index is 13.3. The van der Waals surface area contributed by atoms with E-state index < -0.39 is 35.7 Å². The summed E-state index contributed by atoms with van der Waals surface area (Å²) in [6.45, 7) is 2.75. The van der Waals surface area contributed by atoms with Gasteiger partial charge in [0.2, 0.25) is 5.66 Å². The summed E-state index contributed by atoms with van der Waals surface area (Å²) in [7, 11) is 0. The van der Waals surface area contributed by atoms with Gasteiger partial charge in [0, 0.05) is 5.69 Å². The zero-order chi connectivity index (χ0) is 24.2. The molecular weight excluding hydrogens is 428 g/mol. The summed E-state index contributed by atoms with van der Waals surface area (Å²) in [5.41, 5.74) is -0.723. The minimum absolute atomic E-state index is 0.0252. The molecule has 0 aromatic heterocycles. The molecular formula is C23H22N4O6. The monoisotopic (exact) mass is 450 g/mol. The molecule has 2 N–H and O–H groups in total. The first-order valence-electron chi connectivity index (χ1n) is 10.1. The minimum atomic E-state index is -1.96. The number of carbonyl (C=O) groups is 4. The van der Waals surface area contributed by atoms with Gasteiger partial charge in [0.25, 0.3) is 5.91 Å². The summed E-state index contributed by atoms with van der Waals surface area (Å²) in [4.78, 5) is 52.5. The molecule has 0 radical (unpaired) electrons. The number of amides is 4. The molecule has 1 aliphatic heterocycles. The van der Waals surface area contributed by atoms with Crippen LogP contribution in [0.25, 0.3) is 0 Å². The van der Waals surface area contributed by atoms with Crippen LogP contribution in [0.15, 0.2) is 54.6 Å². The maximum absolute atomic E-state index is 13.3. The van der Waals surface area contributed by atoms with E-state index in [4.69, 9.17) is 10.00 Å². The number of nitrogens with zero attached hydrogens (tertiary/aromatic N) is 3. The van der Waals surface area contributed by atoms with E-state index in [9.17, 15) is 24.3 Å². The smallest absolute Gasteiger partial charge is 0.409 e. The molecule has 0 spiro atoms. The van der Waals surface area contributed by atoms with Crippen molar-refractivity contribution in [3.8, 4) is 6.07 Å². The fourth-order valence-corrected chi connectivity index (χ4v) is 3.58. The predicted molar refractivity (Wildman–Crippen MR) is 116 cm³/mol. The summed E-state index contributed by atoms with van der Waals surface area (Å²) >= 11 is 0. The Hall–Kier alpha value is -4.39. The molecule has 2 atom stereocenters. The highest BCUT2D eigenvalue weighted by atomic mass is 16.5. The Morgan fingerprint density at radius 3 is 2.33 bits per heavy atom. The van der Waals surface area contributed by atoms with Gasteiger partial charge in [-0.25, -0.2) is 19.3 Å². The molecule has 0 saturated carbocycles. The van der Waals surface area contributed by atoms with E-state index in [1.165, 1.54) is 38.1 Å². The van der Waals surface area contributed by atoms with Crippen LogP contribution in [-0.2, 0) is 20.9 Å². The van der Waals surface area contributed by atoms with Gasteiger partial charge in [0.1, 0.15) is 12.6 Å². The lowest BCUT2D eigenvalue weighted by molar-refractivity contribution is -0.148. The first-order valence-corrected chi connectivity index (χ1v) is 10.1. The number of aliphatic carboxylic acids is 1. The van der Waals surface area contributed by atoms with Crippen LogP contribution in [0.4, 0.5) is 15.3 Å². The Labute approximate surface area is 190 Å². The lowest BCUT2D eigenvalue weighted by Crippen LogP contribution is -2.60. The number of hydrogen-bond acceptors (Lipinski definition) is 6. The number of nitrogens with one attached hydrogen (secondary N) is 1. The number of carboxylic acids is 1. The van der Waals surface area contributed by atoms with Gasteiger partial charge < -0.3 is 9.84 Å². The van der Waals surface area contributed by atoms with Gasteiger partial charge in [-0.2, -0.15) is 5.26 Å². The summed E-state index contributed by atoms with van der Waals surface area (Å²) in [6, 6.07) is 14.2. The number of anilines is 1. The lowest BCUT2D eigenvalue weighted by atomic mass is 10.1. The Morgan fingerprint density at radius 2 is 1.79 bits per heavy atom. The number of carbonyl (C=O) groups excluding carboxylic acids is 3. The minimum Gasteiger partial charge on any atom is -0.480 e. The van der Waals surface area contributed by atoms with Gasteiger partial charge in [-0.3, -0.25) is 15.0 Å². The van der Waals surface area contributed by atoms with Gasteiger partial charge in [0.05, 0.1) is 11.6 Å². The largest absolute Gasteiger partial charge is 0.480 e. The van der Waals surface area contributed by atoms with Crippen molar-refractivity contribution in [3.63, 3.8) is 0 Å². The second kappa shape index (κ2) is 9.40. The van der Waals surface area contributed by atoms with Gasteiger partial charge in [-0.1, -0.05) is 37.3 Å². The van der Waals surface area contributed by atoms with Gasteiger partial charge in [-0.15, -0.1) is 0 Å². The molecule has 1 fully saturated rings. The van der Waals surface area contributed by atoms with Crippen LogP contribution in [-0.4, -0.2) is 45.7 Å². The molecule has 0 aliphatic carbocycles. The molecule has 1 saturated heterocycles. The number of rotatable bonds is 7. The third kappa shape index (κ3) is 4.48. The fourth-order valence-electron chi connectivity index (χ4n) is 3.58. The molecule has 10 heteroatoms. The topological polar surface area (TPSA) is 140 Å². The van der Waals surface area contributed by atoms with Crippen molar-refractivity contribution in [1.29, 1.82) is 5.26 Å². The van der Waals surface area contributed by atoms with Gasteiger partial charge in [0.15, 0.2) is 0 Å². The summed E-state index contributed by atoms with van der Waals surface area (Å²) in [5, 5.41) is 21.0. The standard InChI is InChI=1S/C23H22N4O6/c1-3-18(19(28)29)26-20(30)23(2,25-21(31)33-14-16-7-5-4-6-8-16)27(22(26)32)17-11-9-15(13-24)10-12-17/h4-12,18H,3,14H2,1-2H3,(H,25,31)(H,28,29). The van der Waals surface area contributed by atoms with Crippen LogP contribution in [0.1, 0.15) is 31.4 Å². The first-order chi connectivity index (χ1) is 15.7. The molecule has 2 aromatic rings. The second-order valence-corrected chi connectivity index (χ2v) is 7.47. The number of urea groups is 1. The summed E-state index contributed by atoms with van der Waals surface area (Å²) in [5.74, 6) is -2.27. The zero-order valence-corrected chi connectivity index (χ0v) is 18.0. The molecule has 170 valence electrons. The lowest BCUT2D eigenvalue weighted by Gasteiger charge is -2.32. The molecule has 10 nitrogen and oxygen atoms in total. The van der Waals surface area contributed by atoms with Gasteiger partial charge in [-0.05, 0) is 43.2 Å². The van der Waals surface area contributed by atoms with Crippen molar-refractivity contribution in [1.82, 2.24) is 10.2 Å². The quantitative estimate of drug-likeness (QED) is 0.618. The molecule has 2 aromatic carbocycles. The molecule has 1 heterocycles.